The Morgan fingerprint density at radius 2 is 2.03 bits per heavy atom. The van der Waals surface area contributed by atoms with Crippen LogP contribution in [0.4, 0.5) is 4.79 Å². The topological polar surface area (TPSA) is 113 Å². The lowest BCUT2D eigenvalue weighted by atomic mass is 9.93. The van der Waals surface area contributed by atoms with Crippen molar-refractivity contribution in [2.24, 2.45) is 7.05 Å². The standard InChI is InChI=1S/C19H24N4O5S/c1-21-13-18(20-14-21)29(27,28)22-11-16(15-7-3-2-4-8-15)17(12-22)23(19(25)26)9-5-6-10-24/h2-4,7-8,10,13-14,16-17H,5-6,9,11-12H2,1H3,(H,25,26)/t16-,17+/m1/s1. The molecule has 1 fully saturated rings. The molecule has 1 N–H and O–H groups in total. The van der Waals surface area contributed by atoms with Crippen LogP contribution in [-0.4, -0.2) is 70.3 Å². The van der Waals surface area contributed by atoms with Crippen LogP contribution < -0.4 is 0 Å². The van der Waals surface area contributed by atoms with E-state index in [0.29, 0.717) is 6.42 Å². The van der Waals surface area contributed by atoms with Crippen molar-refractivity contribution < 1.29 is 23.1 Å². The predicted octanol–water partition coefficient (Wildman–Crippen LogP) is 1.54. The fourth-order valence-corrected chi connectivity index (χ4v) is 5.14. The van der Waals surface area contributed by atoms with Crippen LogP contribution in [0, 0.1) is 0 Å². The van der Waals surface area contributed by atoms with E-state index in [9.17, 15) is 23.1 Å². The fourth-order valence-electron chi connectivity index (χ4n) is 3.69. The Hall–Kier alpha value is -2.72. The van der Waals surface area contributed by atoms with Crippen molar-refractivity contribution in [1.82, 2.24) is 18.8 Å². The van der Waals surface area contributed by atoms with Crippen LogP contribution in [-0.2, 0) is 21.9 Å². The van der Waals surface area contributed by atoms with E-state index in [2.05, 4.69) is 4.98 Å². The lowest BCUT2D eigenvalue weighted by Crippen LogP contribution is -2.44. The Bertz CT molecular complexity index is 960. The molecule has 2 heterocycles. The van der Waals surface area contributed by atoms with Gasteiger partial charge in [-0.25, -0.2) is 18.2 Å². The number of hydrogen-bond donors (Lipinski definition) is 1. The quantitative estimate of drug-likeness (QED) is 0.512. The number of aromatic nitrogens is 2. The van der Waals surface area contributed by atoms with Gasteiger partial charge in [-0.15, -0.1) is 0 Å². The molecule has 1 saturated heterocycles. The average molecular weight is 420 g/mol. The van der Waals surface area contributed by atoms with E-state index in [4.69, 9.17) is 0 Å². The molecule has 1 aromatic heterocycles. The Morgan fingerprint density at radius 3 is 2.62 bits per heavy atom. The number of rotatable bonds is 8. The number of carboxylic acid groups (broad SMARTS) is 1. The monoisotopic (exact) mass is 420 g/mol. The van der Waals surface area contributed by atoms with Crippen LogP contribution in [0.15, 0.2) is 47.9 Å². The number of benzene rings is 1. The van der Waals surface area contributed by atoms with E-state index in [0.717, 1.165) is 11.8 Å². The van der Waals surface area contributed by atoms with Crippen LogP contribution in [0.3, 0.4) is 0 Å². The summed E-state index contributed by atoms with van der Waals surface area (Å²) in [4.78, 5) is 27.8. The van der Waals surface area contributed by atoms with Crippen LogP contribution in [0.2, 0.25) is 0 Å². The van der Waals surface area contributed by atoms with Gasteiger partial charge >= 0.3 is 6.09 Å². The number of amides is 1. The van der Waals surface area contributed by atoms with Crippen molar-refractivity contribution in [3.05, 3.63) is 48.4 Å². The summed E-state index contributed by atoms with van der Waals surface area (Å²) >= 11 is 0. The maximum absolute atomic E-state index is 13.1. The molecule has 0 aliphatic carbocycles. The van der Waals surface area contributed by atoms with Gasteiger partial charge in [0.05, 0.1) is 12.4 Å². The van der Waals surface area contributed by atoms with E-state index in [1.165, 1.54) is 21.7 Å². The van der Waals surface area contributed by atoms with Crippen LogP contribution in [0.5, 0.6) is 0 Å². The molecule has 1 aliphatic heterocycles. The number of aldehydes is 1. The van der Waals surface area contributed by atoms with Crippen molar-refractivity contribution in [2.75, 3.05) is 19.6 Å². The van der Waals surface area contributed by atoms with E-state index in [1.54, 1.807) is 11.6 Å². The van der Waals surface area contributed by atoms with Gasteiger partial charge < -0.3 is 19.4 Å². The Kier molecular flexibility index (Phi) is 6.33. The van der Waals surface area contributed by atoms with Crippen LogP contribution >= 0.6 is 0 Å². The second-order valence-corrected chi connectivity index (χ2v) is 8.95. The number of hydrogen-bond acceptors (Lipinski definition) is 5. The largest absolute Gasteiger partial charge is 0.465 e. The molecule has 0 spiro atoms. The number of carbonyl (C=O) groups is 2. The number of aryl methyl sites for hydroxylation is 1. The van der Waals surface area contributed by atoms with E-state index >= 15 is 0 Å². The smallest absolute Gasteiger partial charge is 0.407 e. The highest BCUT2D eigenvalue weighted by atomic mass is 32.2. The van der Waals surface area contributed by atoms with Crippen LogP contribution in [0.1, 0.15) is 24.3 Å². The summed E-state index contributed by atoms with van der Waals surface area (Å²) in [5.41, 5.74) is 0.873. The molecule has 0 bridgehead atoms. The molecule has 9 nitrogen and oxygen atoms in total. The Morgan fingerprint density at radius 1 is 1.31 bits per heavy atom. The van der Waals surface area contributed by atoms with Gasteiger partial charge in [0.2, 0.25) is 0 Å². The van der Waals surface area contributed by atoms with Gasteiger partial charge in [0, 0.05) is 45.2 Å². The molecule has 0 radical (unpaired) electrons. The lowest BCUT2D eigenvalue weighted by molar-refractivity contribution is -0.108. The second kappa shape index (κ2) is 8.75. The van der Waals surface area contributed by atoms with Gasteiger partial charge in [-0.1, -0.05) is 30.3 Å². The minimum absolute atomic E-state index is 0.0336. The number of sulfonamides is 1. The molecule has 1 aliphatic rings. The molecule has 1 amide bonds. The molecular weight excluding hydrogens is 396 g/mol. The molecule has 10 heteroatoms. The van der Waals surface area contributed by atoms with Gasteiger partial charge in [0.1, 0.15) is 6.29 Å². The van der Waals surface area contributed by atoms with Crippen molar-refractivity contribution in [3.8, 4) is 0 Å². The molecule has 2 aromatic rings. The Balaban J connectivity index is 1.93. The fraction of sp³-hybridized carbons (Fsp3) is 0.421. The second-order valence-electron chi connectivity index (χ2n) is 7.07. The summed E-state index contributed by atoms with van der Waals surface area (Å²) < 4.78 is 29.0. The molecule has 0 saturated carbocycles. The molecule has 156 valence electrons. The molecule has 29 heavy (non-hydrogen) atoms. The molecule has 0 unspecified atom stereocenters. The first-order valence-electron chi connectivity index (χ1n) is 9.31. The van der Waals surface area contributed by atoms with E-state index in [-0.39, 0.29) is 37.0 Å². The first-order chi connectivity index (χ1) is 13.8. The highest BCUT2D eigenvalue weighted by molar-refractivity contribution is 7.89. The molecular formula is C19H24N4O5S. The third kappa shape index (κ3) is 4.48. The minimum Gasteiger partial charge on any atom is -0.465 e. The van der Waals surface area contributed by atoms with Crippen LogP contribution in [0.25, 0.3) is 0 Å². The van der Waals surface area contributed by atoms with Crippen molar-refractivity contribution in [3.63, 3.8) is 0 Å². The minimum atomic E-state index is -3.85. The zero-order valence-corrected chi connectivity index (χ0v) is 16.9. The maximum atomic E-state index is 13.1. The SMILES string of the molecule is Cn1cnc(S(=O)(=O)N2C[C@H](c3ccccc3)[C@@H](N(CCCC=O)C(=O)O)C2)c1. The summed E-state index contributed by atoms with van der Waals surface area (Å²) in [5.74, 6) is -0.318. The van der Waals surface area contributed by atoms with Gasteiger partial charge in [-0.3, -0.25) is 0 Å². The summed E-state index contributed by atoms with van der Waals surface area (Å²) in [5, 5.41) is 9.70. The zero-order valence-electron chi connectivity index (χ0n) is 16.1. The zero-order chi connectivity index (χ0) is 21.0. The van der Waals surface area contributed by atoms with Gasteiger partial charge in [-0.05, 0) is 12.0 Å². The number of imidazole rings is 1. The highest BCUT2D eigenvalue weighted by Gasteiger charge is 2.44. The molecule has 3 rings (SSSR count). The number of nitrogens with zero attached hydrogens (tertiary/aromatic N) is 4. The van der Waals surface area contributed by atoms with Crippen molar-refractivity contribution in [2.45, 2.75) is 29.8 Å². The maximum Gasteiger partial charge on any atom is 0.407 e. The van der Waals surface area contributed by atoms with E-state index in [1.807, 2.05) is 30.3 Å². The first-order valence-corrected chi connectivity index (χ1v) is 10.7. The summed E-state index contributed by atoms with van der Waals surface area (Å²) in [6, 6.07) is 8.74. The first kappa shape index (κ1) is 21.0. The predicted molar refractivity (Wildman–Crippen MR) is 105 cm³/mol. The summed E-state index contributed by atoms with van der Waals surface area (Å²) in [6.45, 7) is 0.358. The van der Waals surface area contributed by atoms with Gasteiger partial charge in [0.15, 0.2) is 5.03 Å². The van der Waals surface area contributed by atoms with Crippen molar-refractivity contribution >= 4 is 22.4 Å². The lowest BCUT2D eigenvalue weighted by Gasteiger charge is -2.30. The van der Waals surface area contributed by atoms with Gasteiger partial charge in [-0.2, -0.15) is 4.31 Å². The third-order valence-corrected chi connectivity index (χ3v) is 6.85. The number of carbonyl (C=O) groups excluding carboxylic acids is 1. The third-order valence-electron chi connectivity index (χ3n) is 5.14. The summed E-state index contributed by atoms with van der Waals surface area (Å²) in [7, 11) is -2.17. The highest BCUT2D eigenvalue weighted by Crippen LogP contribution is 2.34. The van der Waals surface area contributed by atoms with E-state index < -0.39 is 22.2 Å². The normalized spacial score (nSPS) is 19.9. The summed E-state index contributed by atoms with van der Waals surface area (Å²) in [6.07, 6.45) is 3.11. The number of unbranched alkanes of at least 4 members (excludes halogenated alkanes) is 1. The van der Waals surface area contributed by atoms with Gasteiger partial charge in [0.25, 0.3) is 10.0 Å². The molecule has 2 atom stereocenters. The Labute approximate surface area is 169 Å². The average Bonchev–Trinajstić information content (AvgIpc) is 3.33. The van der Waals surface area contributed by atoms with Crippen molar-refractivity contribution in [1.29, 1.82) is 0 Å². The molecule has 1 aromatic carbocycles.